The first-order chi connectivity index (χ1) is 20.0. The summed E-state index contributed by atoms with van der Waals surface area (Å²) in [6.45, 7) is 42.3. The molecule has 0 aliphatic heterocycles. The molecule has 1 rings (SSSR count). The molecule has 0 fully saturated rings. The Kier molecular flexibility index (Phi) is 14.8. The number of Topliss-reactive ketones (excluding diaryl/α,β-unsaturated/α-hetero) is 1. The molecule has 0 bridgehead atoms. The van der Waals surface area contributed by atoms with Gasteiger partial charge in [-0.1, -0.05) is 24.3 Å². The molecule has 16 heteroatoms. The maximum Gasteiger partial charge on any atom is 0.648 e. The van der Waals surface area contributed by atoms with E-state index < -0.39 is 73.4 Å². The van der Waals surface area contributed by atoms with Crippen LogP contribution in [0, 0.1) is 0 Å². The first-order valence-electron chi connectivity index (χ1n) is 16.6. The van der Waals surface area contributed by atoms with Crippen molar-refractivity contribution in [3.63, 3.8) is 0 Å². The smallest absolute Gasteiger partial charge is 0.417 e. The summed E-state index contributed by atoms with van der Waals surface area (Å²) in [4.78, 5) is 14.1. The third-order valence-electron chi connectivity index (χ3n) is 5.54. The molecule has 8 nitrogen and oxygen atoms in total. The van der Waals surface area contributed by atoms with E-state index in [1.807, 2.05) is 24.3 Å². The van der Waals surface area contributed by atoms with E-state index in [0.29, 0.717) is 11.6 Å². The Morgan fingerprint density at radius 1 is 0.522 bits per heavy atom. The lowest BCUT2D eigenvalue weighted by molar-refractivity contribution is -0.00101. The zero-order chi connectivity index (χ0) is 36.4. The Morgan fingerprint density at radius 3 is 1.11 bits per heavy atom. The van der Waals surface area contributed by atoms with Crippen LogP contribution in [0.2, 0.25) is 124 Å². The molecular weight excluding hydrogens is 713 g/mol. The zero-order valence-electron chi connectivity index (χ0n) is 33.0. The van der Waals surface area contributed by atoms with Gasteiger partial charge in [-0.3, -0.25) is 4.79 Å². The molecule has 268 valence electrons. The van der Waals surface area contributed by atoms with Gasteiger partial charge in [0, 0.05) is 11.6 Å². The number of rotatable bonds is 19. The van der Waals surface area contributed by atoms with Crippen molar-refractivity contribution in [3.8, 4) is 0 Å². The molecule has 0 aromatic heterocycles. The van der Waals surface area contributed by atoms with Crippen LogP contribution in [0.15, 0.2) is 24.3 Å². The Morgan fingerprint density at radius 2 is 0.826 bits per heavy atom. The van der Waals surface area contributed by atoms with Crippen LogP contribution in [0.3, 0.4) is 0 Å². The van der Waals surface area contributed by atoms with Gasteiger partial charge >= 0.3 is 17.9 Å². The fourth-order valence-electron chi connectivity index (χ4n) is 4.69. The van der Waals surface area contributed by atoms with Crippen molar-refractivity contribution in [2.45, 2.75) is 150 Å². The highest BCUT2D eigenvalue weighted by Gasteiger charge is 2.57. The Bertz CT molecular complexity index is 1060. The first kappa shape index (κ1) is 44.4. The molecule has 1 aromatic rings. The van der Waals surface area contributed by atoms with Crippen LogP contribution in [-0.2, 0) is 35.5 Å². The molecule has 0 unspecified atom stereocenters. The topological polar surface area (TPSA) is 81.7 Å². The molecule has 1 aromatic carbocycles. The fourth-order valence-corrected chi connectivity index (χ4v) is 31.2. The summed E-state index contributed by atoms with van der Waals surface area (Å²) in [6, 6.07) is 8.55. The highest BCUT2D eigenvalue weighted by Crippen LogP contribution is 2.33. The second kappa shape index (κ2) is 15.3. The number of hydrogen-bond donors (Lipinski definition) is 0. The normalized spacial score (nSPS) is 15.0. The lowest BCUT2D eigenvalue weighted by Crippen LogP contribution is -2.65. The van der Waals surface area contributed by atoms with Crippen molar-refractivity contribution >= 4 is 73.5 Å². The van der Waals surface area contributed by atoms with Crippen LogP contribution in [0.5, 0.6) is 0 Å². The molecule has 0 heterocycles. The van der Waals surface area contributed by atoms with Gasteiger partial charge < -0.3 is 29.1 Å². The van der Waals surface area contributed by atoms with E-state index >= 15 is 0 Å². The molecule has 0 aliphatic rings. The van der Waals surface area contributed by atoms with Crippen LogP contribution in [0.1, 0.15) is 29.8 Å². The first-order valence-corrected chi connectivity index (χ1v) is 40.6. The summed E-state index contributed by atoms with van der Waals surface area (Å²) in [5, 5.41) is 0. The molecule has 0 spiro atoms. The monoisotopic (exact) mass is 780 g/mol. The van der Waals surface area contributed by atoms with Gasteiger partial charge in [0.15, 0.2) is 55.7 Å². The minimum atomic E-state index is -3.70. The minimum absolute atomic E-state index is 0.136. The summed E-state index contributed by atoms with van der Waals surface area (Å²) in [7, 11) is -19.1. The van der Waals surface area contributed by atoms with Crippen LogP contribution in [0.25, 0.3) is 0 Å². The van der Waals surface area contributed by atoms with Gasteiger partial charge in [0.25, 0.3) is 0 Å². The van der Waals surface area contributed by atoms with Gasteiger partial charge in [0.05, 0.1) is 0 Å². The third-order valence-corrected chi connectivity index (χ3v) is 28.6. The van der Waals surface area contributed by atoms with Crippen LogP contribution >= 0.6 is 0 Å². The summed E-state index contributed by atoms with van der Waals surface area (Å²) < 4.78 is 47.4. The van der Waals surface area contributed by atoms with Gasteiger partial charge in [-0.05, 0) is 144 Å². The van der Waals surface area contributed by atoms with Crippen molar-refractivity contribution in [2.24, 2.45) is 0 Å². The van der Waals surface area contributed by atoms with Crippen LogP contribution < -0.4 is 0 Å². The fraction of sp³-hybridized carbons (Fsp3) is 0.767. The number of carbonyl (C=O) groups excluding carboxylic acids is 1. The largest absolute Gasteiger partial charge is 0.648 e. The molecule has 46 heavy (non-hydrogen) atoms. The average Bonchev–Trinajstić information content (AvgIpc) is 2.69. The van der Waals surface area contributed by atoms with E-state index in [9.17, 15) is 4.79 Å². The second-order valence-electron chi connectivity index (χ2n) is 18.6. The molecular formula is C30H68O8Si8. The van der Waals surface area contributed by atoms with Crippen molar-refractivity contribution in [3.05, 3.63) is 35.4 Å². The molecule has 0 amide bonds. The van der Waals surface area contributed by atoms with E-state index in [4.69, 9.17) is 29.1 Å². The van der Waals surface area contributed by atoms with E-state index in [1.165, 1.54) is 0 Å². The van der Waals surface area contributed by atoms with Crippen LogP contribution in [0.4, 0.5) is 0 Å². The Balaban J connectivity index is 3.41. The lowest BCUT2D eigenvalue weighted by atomic mass is 9.96. The number of hydrogen-bond acceptors (Lipinski definition) is 8. The second-order valence-corrected chi connectivity index (χ2v) is 51.9. The highest BCUT2D eigenvalue weighted by atomic mass is 28.5. The molecule has 0 saturated heterocycles. The van der Waals surface area contributed by atoms with E-state index in [2.05, 4.69) is 118 Å². The Hall–Kier alpha value is 0.345. The summed E-state index contributed by atoms with van der Waals surface area (Å²) in [5.41, 5.74) is 0.458. The number of ketones is 1. The van der Waals surface area contributed by atoms with E-state index in [1.54, 1.807) is 13.8 Å². The van der Waals surface area contributed by atoms with E-state index in [0.717, 1.165) is 12.0 Å². The number of benzene rings is 1. The molecule has 0 saturated carbocycles. The Labute approximate surface area is 291 Å². The SMILES string of the molecule is CC(C)(O[Si](O[Si](C)(C)C)(O[Si](C)(C)C)O[Si](C)(C)C)C(=O)c1ccc(CC[Si](O[Si](C)(C)C)(O[Si](C)(C)C)O[Si](C)(C)C)cc1. The minimum Gasteiger partial charge on any atom is -0.417 e. The molecule has 0 radical (unpaired) electrons. The van der Waals surface area contributed by atoms with Crippen molar-refractivity contribution < 1.29 is 33.9 Å². The molecule has 0 atom stereocenters. The summed E-state index contributed by atoms with van der Waals surface area (Å²) >= 11 is 0. The summed E-state index contributed by atoms with van der Waals surface area (Å²) in [6.07, 6.45) is 0.744. The summed E-state index contributed by atoms with van der Waals surface area (Å²) in [5.74, 6) is -0.136. The third kappa shape index (κ3) is 17.8. The quantitative estimate of drug-likeness (QED) is 0.101. The lowest BCUT2D eigenvalue weighted by Gasteiger charge is -2.44. The van der Waals surface area contributed by atoms with Gasteiger partial charge in [-0.2, -0.15) is 0 Å². The maximum absolute atomic E-state index is 14.1. The number of carbonyl (C=O) groups is 1. The zero-order valence-corrected chi connectivity index (χ0v) is 41.0. The van der Waals surface area contributed by atoms with Gasteiger partial charge in [-0.15, -0.1) is 0 Å². The molecule has 0 aliphatic carbocycles. The molecule has 0 N–H and O–H groups in total. The van der Waals surface area contributed by atoms with Gasteiger partial charge in [0.2, 0.25) is 0 Å². The van der Waals surface area contributed by atoms with Gasteiger partial charge in [-0.25, -0.2) is 0 Å². The standard InChI is InChI=1S/C30H68O8Si8/c1-30(2,32-46(36-42(12,13)14,37-43(15,16)17)38-44(18,19)20)29(31)28-23-21-27(22-24-28)25-26-45(33-39(3,4)5,34-40(6,7)8)35-41(9,10)11/h21-24H,25-26H2,1-20H3. The average molecular weight is 782 g/mol. The van der Waals surface area contributed by atoms with Crippen molar-refractivity contribution in [1.29, 1.82) is 0 Å². The van der Waals surface area contributed by atoms with Gasteiger partial charge in [0.1, 0.15) is 5.60 Å². The van der Waals surface area contributed by atoms with Crippen molar-refractivity contribution in [2.75, 3.05) is 0 Å². The highest BCUT2D eigenvalue weighted by molar-refractivity contribution is 6.90. The maximum atomic E-state index is 14.1. The predicted octanol–water partition coefficient (Wildman–Crippen LogP) is 9.69. The predicted molar refractivity (Wildman–Crippen MR) is 213 cm³/mol. The number of aryl methyl sites for hydroxylation is 1. The van der Waals surface area contributed by atoms with Crippen LogP contribution in [-0.4, -0.2) is 79.1 Å². The van der Waals surface area contributed by atoms with E-state index in [-0.39, 0.29) is 5.78 Å². The van der Waals surface area contributed by atoms with Crippen molar-refractivity contribution in [1.82, 2.24) is 0 Å².